The van der Waals surface area contributed by atoms with Gasteiger partial charge in [-0.3, -0.25) is 9.69 Å². The van der Waals surface area contributed by atoms with Crippen LogP contribution in [-0.2, 0) is 11.2 Å². The minimum Gasteiger partial charge on any atom is -0.379 e. The highest BCUT2D eigenvalue weighted by molar-refractivity contribution is 5.91. The molecule has 2 heterocycles. The van der Waals surface area contributed by atoms with Crippen LogP contribution in [0.15, 0.2) is 10.6 Å². The molecule has 2 rings (SSSR count). The summed E-state index contributed by atoms with van der Waals surface area (Å²) < 4.78 is 10.4. The average molecular weight is 224 g/mol. The van der Waals surface area contributed by atoms with Crippen LogP contribution < -0.4 is 0 Å². The van der Waals surface area contributed by atoms with E-state index in [9.17, 15) is 4.79 Å². The molecule has 0 amide bonds. The van der Waals surface area contributed by atoms with Crippen LogP contribution in [0.1, 0.15) is 23.2 Å². The van der Waals surface area contributed by atoms with Gasteiger partial charge in [0, 0.05) is 39.0 Å². The Kier molecular flexibility index (Phi) is 3.69. The lowest BCUT2D eigenvalue weighted by atomic mass is 10.2. The van der Waals surface area contributed by atoms with Crippen molar-refractivity contribution in [3.05, 3.63) is 17.5 Å². The summed E-state index contributed by atoms with van der Waals surface area (Å²) in [5.74, 6) is 0.720. The summed E-state index contributed by atoms with van der Waals surface area (Å²) >= 11 is 0. The second kappa shape index (κ2) is 5.23. The van der Waals surface area contributed by atoms with Gasteiger partial charge in [-0.05, 0) is 0 Å². The molecule has 0 radical (unpaired) electrons. The molecule has 5 nitrogen and oxygen atoms in total. The SMILES string of the molecule is CC(=O)c1cc(CCN2CCOCC2)on1. The maximum absolute atomic E-state index is 11.0. The highest BCUT2D eigenvalue weighted by Crippen LogP contribution is 2.07. The topological polar surface area (TPSA) is 55.6 Å². The summed E-state index contributed by atoms with van der Waals surface area (Å²) in [5.41, 5.74) is 0.414. The van der Waals surface area contributed by atoms with Crippen molar-refractivity contribution in [1.29, 1.82) is 0 Å². The fraction of sp³-hybridized carbons (Fsp3) is 0.636. The molecule has 5 heteroatoms. The van der Waals surface area contributed by atoms with Crippen molar-refractivity contribution in [2.45, 2.75) is 13.3 Å². The molecule has 0 unspecified atom stereocenters. The van der Waals surface area contributed by atoms with Crippen LogP contribution >= 0.6 is 0 Å². The molecule has 0 N–H and O–H groups in total. The Morgan fingerprint density at radius 3 is 2.88 bits per heavy atom. The van der Waals surface area contributed by atoms with E-state index in [2.05, 4.69) is 10.1 Å². The summed E-state index contributed by atoms with van der Waals surface area (Å²) in [7, 11) is 0. The van der Waals surface area contributed by atoms with E-state index in [-0.39, 0.29) is 5.78 Å². The lowest BCUT2D eigenvalue weighted by molar-refractivity contribution is 0.0377. The van der Waals surface area contributed by atoms with Crippen molar-refractivity contribution in [2.75, 3.05) is 32.8 Å². The van der Waals surface area contributed by atoms with E-state index in [0.29, 0.717) is 5.69 Å². The smallest absolute Gasteiger partial charge is 0.181 e. The average Bonchev–Trinajstić information content (AvgIpc) is 2.76. The van der Waals surface area contributed by atoms with E-state index < -0.39 is 0 Å². The number of nitrogens with zero attached hydrogens (tertiary/aromatic N) is 2. The highest BCUT2D eigenvalue weighted by atomic mass is 16.5. The van der Waals surface area contributed by atoms with Gasteiger partial charge < -0.3 is 9.26 Å². The van der Waals surface area contributed by atoms with Crippen molar-refractivity contribution >= 4 is 5.78 Å². The molecule has 1 fully saturated rings. The summed E-state index contributed by atoms with van der Waals surface area (Å²) in [6.07, 6.45) is 0.792. The van der Waals surface area contributed by atoms with Gasteiger partial charge >= 0.3 is 0 Å². The van der Waals surface area contributed by atoms with Crippen LogP contribution in [0.5, 0.6) is 0 Å². The maximum Gasteiger partial charge on any atom is 0.181 e. The van der Waals surface area contributed by atoms with Gasteiger partial charge in [-0.25, -0.2) is 0 Å². The van der Waals surface area contributed by atoms with Gasteiger partial charge in [-0.15, -0.1) is 0 Å². The van der Waals surface area contributed by atoms with E-state index in [0.717, 1.165) is 45.0 Å². The van der Waals surface area contributed by atoms with Crippen LogP contribution in [0.2, 0.25) is 0 Å². The molecule has 88 valence electrons. The third kappa shape index (κ3) is 2.90. The molecule has 0 aliphatic carbocycles. The normalized spacial score (nSPS) is 17.6. The van der Waals surface area contributed by atoms with Crippen LogP contribution in [0.3, 0.4) is 0 Å². The van der Waals surface area contributed by atoms with Gasteiger partial charge in [0.15, 0.2) is 5.78 Å². The van der Waals surface area contributed by atoms with E-state index in [1.54, 1.807) is 6.07 Å². The minimum absolute atomic E-state index is 0.0543. The first-order valence-corrected chi connectivity index (χ1v) is 5.52. The Hall–Kier alpha value is -1.20. The Balaban J connectivity index is 1.81. The second-order valence-electron chi connectivity index (χ2n) is 3.94. The van der Waals surface area contributed by atoms with Gasteiger partial charge in [-0.2, -0.15) is 0 Å². The number of carbonyl (C=O) groups excluding carboxylic acids is 1. The molecule has 0 saturated carbocycles. The molecular weight excluding hydrogens is 208 g/mol. The first-order valence-electron chi connectivity index (χ1n) is 5.52. The van der Waals surface area contributed by atoms with Gasteiger partial charge in [-0.1, -0.05) is 5.16 Å². The second-order valence-corrected chi connectivity index (χ2v) is 3.94. The standard InChI is InChI=1S/C11H16N2O3/c1-9(14)11-8-10(16-12-11)2-3-13-4-6-15-7-5-13/h8H,2-7H2,1H3. The van der Waals surface area contributed by atoms with E-state index >= 15 is 0 Å². The predicted octanol–water partition coefficient (Wildman–Crippen LogP) is 0.752. The fourth-order valence-corrected chi connectivity index (χ4v) is 1.69. The van der Waals surface area contributed by atoms with Crippen molar-refractivity contribution in [3.8, 4) is 0 Å². The molecule has 1 aliphatic heterocycles. The Morgan fingerprint density at radius 2 is 2.25 bits per heavy atom. The zero-order chi connectivity index (χ0) is 11.4. The van der Waals surface area contributed by atoms with Crippen molar-refractivity contribution in [2.24, 2.45) is 0 Å². The van der Waals surface area contributed by atoms with Crippen molar-refractivity contribution in [3.63, 3.8) is 0 Å². The van der Waals surface area contributed by atoms with E-state index in [4.69, 9.17) is 9.26 Å². The number of hydrogen-bond donors (Lipinski definition) is 0. The predicted molar refractivity (Wildman–Crippen MR) is 57.5 cm³/mol. The third-order valence-electron chi connectivity index (χ3n) is 2.70. The number of hydrogen-bond acceptors (Lipinski definition) is 5. The number of aromatic nitrogens is 1. The Bertz CT molecular complexity index is 356. The maximum atomic E-state index is 11.0. The minimum atomic E-state index is -0.0543. The van der Waals surface area contributed by atoms with Crippen molar-refractivity contribution in [1.82, 2.24) is 10.1 Å². The number of morpholine rings is 1. The molecule has 0 spiro atoms. The van der Waals surface area contributed by atoms with Crippen molar-refractivity contribution < 1.29 is 14.1 Å². The molecular formula is C11H16N2O3. The molecule has 1 aromatic rings. The van der Waals surface area contributed by atoms with Gasteiger partial charge in [0.2, 0.25) is 0 Å². The van der Waals surface area contributed by atoms with E-state index in [1.807, 2.05) is 0 Å². The summed E-state index contributed by atoms with van der Waals surface area (Å²) in [4.78, 5) is 13.3. The molecule has 0 bridgehead atoms. The quantitative estimate of drug-likeness (QED) is 0.706. The number of rotatable bonds is 4. The van der Waals surface area contributed by atoms with E-state index in [1.165, 1.54) is 6.92 Å². The number of carbonyl (C=O) groups is 1. The highest BCUT2D eigenvalue weighted by Gasteiger charge is 2.12. The molecule has 1 saturated heterocycles. The largest absolute Gasteiger partial charge is 0.379 e. The van der Waals surface area contributed by atoms with Crippen LogP contribution in [0.4, 0.5) is 0 Å². The van der Waals surface area contributed by atoms with Gasteiger partial charge in [0.25, 0.3) is 0 Å². The lowest BCUT2D eigenvalue weighted by Gasteiger charge is -2.25. The Labute approximate surface area is 94.3 Å². The number of Topliss-reactive ketones (excluding diaryl/α,β-unsaturated/α-hetero) is 1. The van der Waals surface area contributed by atoms with Crippen LogP contribution in [0, 0.1) is 0 Å². The zero-order valence-electron chi connectivity index (χ0n) is 9.44. The molecule has 1 aromatic heterocycles. The number of ether oxygens (including phenoxy) is 1. The Morgan fingerprint density at radius 1 is 1.50 bits per heavy atom. The first kappa shape index (κ1) is 11.3. The van der Waals surface area contributed by atoms with Crippen LogP contribution in [0.25, 0.3) is 0 Å². The lowest BCUT2D eigenvalue weighted by Crippen LogP contribution is -2.37. The van der Waals surface area contributed by atoms with Crippen LogP contribution in [-0.4, -0.2) is 48.7 Å². The zero-order valence-corrected chi connectivity index (χ0v) is 9.44. The molecule has 0 atom stereocenters. The van der Waals surface area contributed by atoms with Gasteiger partial charge in [0.05, 0.1) is 13.2 Å². The first-order chi connectivity index (χ1) is 7.75. The molecule has 0 aromatic carbocycles. The monoisotopic (exact) mass is 224 g/mol. The summed E-state index contributed by atoms with van der Waals surface area (Å²) in [6, 6.07) is 1.72. The third-order valence-corrected chi connectivity index (χ3v) is 2.70. The summed E-state index contributed by atoms with van der Waals surface area (Å²) in [6.45, 7) is 5.95. The fourth-order valence-electron chi connectivity index (χ4n) is 1.69. The summed E-state index contributed by atoms with van der Waals surface area (Å²) in [5, 5.41) is 3.71. The molecule has 16 heavy (non-hydrogen) atoms. The molecule has 1 aliphatic rings. The number of ketones is 1. The van der Waals surface area contributed by atoms with Gasteiger partial charge in [0.1, 0.15) is 11.5 Å².